The molecule has 0 aliphatic rings. The van der Waals surface area contributed by atoms with E-state index in [1.807, 2.05) is 0 Å². The van der Waals surface area contributed by atoms with Gasteiger partial charge in [0.25, 0.3) is 9.76 Å². The zero-order chi connectivity index (χ0) is 14.4. The van der Waals surface area contributed by atoms with Gasteiger partial charge in [0.2, 0.25) is 0 Å². The zero-order valence-corrected chi connectivity index (χ0v) is 14.3. The van der Waals surface area contributed by atoms with Crippen molar-refractivity contribution in [1.82, 2.24) is 0 Å². The molecule has 0 spiro atoms. The number of hydrogen-bond donors (Lipinski definition) is 0. The molecule has 0 aliphatic carbocycles. The first kappa shape index (κ1) is 16.5. The van der Waals surface area contributed by atoms with Crippen LogP contribution in [0.5, 0.6) is 0 Å². The fourth-order valence-corrected chi connectivity index (χ4v) is 3.28. The largest absolute Gasteiger partial charge is 0.409 e. The van der Waals surface area contributed by atoms with Gasteiger partial charge < -0.3 is 4.43 Å². The van der Waals surface area contributed by atoms with E-state index in [1.165, 1.54) is 23.6 Å². The molecule has 0 bridgehead atoms. The highest BCUT2D eigenvalue weighted by Gasteiger charge is 2.18. The van der Waals surface area contributed by atoms with Crippen molar-refractivity contribution >= 4 is 14.9 Å². The smallest absolute Gasteiger partial charge is 0.269 e. The minimum atomic E-state index is 0.301. The number of rotatable bonds is 7. The molecule has 0 heterocycles. The van der Waals surface area contributed by atoms with Gasteiger partial charge in [-0.25, -0.2) is 0 Å². The second-order valence-corrected chi connectivity index (χ2v) is 6.67. The van der Waals surface area contributed by atoms with Gasteiger partial charge in [-0.15, -0.1) is 0 Å². The lowest BCUT2D eigenvalue weighted by Gasteiger charge is -2.23. The van der Waals surface area contributed by atoms with E-state index in [9.17, 15) is 0 Å². The zero-order valence-electron chi connectivity index (χ0n) is 13.3. The first-order chi connectivity index (χ1) is 9.01. The highest BCUT2D eigenvalue weighted by atomic mass is 28.2. The average molecular weight is 276 g/mol. The number of benzene rings is 1. The fraction of sp³-hybridized carbons (Fsp3) is 0.647. The standard InChI is InChI=1S/C17H28OSi/c1-7-13(5)15-10-9-11-16(19-18-12(3)4)17(15)14(6)8-2/h9-14H,7-8H2,1-6H3. The van der Waals surface area contributed by atoms with Crippen molar-refractivity contribution in [3.63, 3.8) is 0 Å². The van der Waals surface area contributed by atoms with Crippen LogP contribution in [0.4, 0.5) is 0 Å². The maximum atomic E-state index is 5.86. The van der Waals surface area contributed by atoms with Crippen LogP contribution < -0.4 is 5.19 Å². The van der Waals surface area contributed by atoms with Gasteiger partial charge in [-0.3, -0.25) is 0 Å². The van der Waals surface area contributed by atoms with Crippen LogP contribution in [-0.4, -0.2) is 15.9 Å². The molecule has 1 aromatic carbocycles. The van der Waals surface area contributed by atoms with Crippen molar-refractivity contribution in [1.29, 1.82) is 0 Å². The van der Waals surface area contributed by atoms with Gasteiger partial charge in [0, 0.05) is 6.10 Å². The van der Waals surface area contributed by atoms with Crippen LogP contribution in [0, 0.1) is 0 Å². The van der Waals surface area contributed by atoms with E-state index < -0.39 is 0 Å². The van der Waals surface area contributed by atoms with Crippen molar-refractivity contribution in [3.05, 3.63) is 29.3 Å². The molecule has 1 rings (SSSR count). The molecule has 0 saturated carbocycles. The van der Waals surface area contributed by atoms with E-state index in [0.29, 0.717) is 27.7 Å². The SMILES string of the molecule is CCC(C)c1cccc([Si]OC(C)C)c1C(C)CC. The maximum Gasteiger partial charge on any atom is 0.269 e. The summed E-state index contributed by atoms with van der Waals surface area (Å²) in [6.45, 7) is 13.4. The highest BCUT2D eigenvalue weighted by Crippen LogP contribution is 2.28. The van der Waals surface area contributed by atoms with Gasteiger partial charge in [-0.1, -0.05) is 45.9 Å². The summed E-state index contributed by atoms with van der Waals surface area (Å²) in [5.74, 6) is 1.25. The molecule has 2 atom stereocenters. The third kappa shape index (κ3) is 4.46. The Kier molecular flexibility index (Phi) is 6.80. The van der Waals surface area contributed by atoms with Crippen molar-refractivity contribution in [2.24, 2.45) is 0 Å². The van der Waals surface area contributed by atoms with Crippen LogP contribution in [0.25, 0.3) is 0 Å². The van der Waals surface area contributed by atoms with Gasteiger partial charge in [0.15, 0.2) is 0 Å². The van der Waals surface area contributed by atoms with Crippen molar-refractivity contribution in [2.45, 2.75) is 72.3 Å². The van der Waals surface area contributed by atoms with Gasteiger partial charge in [0.05, 0.1) is 0 Å². The summed E-state index contributed by atoms with van der Waals surface area (Å²) in [6, 6.07) is 6.74. The molecule has 0 aromatic heterocycles. The minimum Gasteiger partial charge on any atom is -0.409 e. The van der Waals surface area contributed by atoms with Crippen LogP contribution in [0.1, 0.15) is 77.3 Å². The normalized spacial score (nSPS) is 14.7. The molecular formula is C17H28OSi. The molecular weight excluding hydrogens is 248 g/mol. The van der Waals surface area contributed by atoms with Gasteiger partial charge >= 0.3 is 0 Å². The third-order valence-corrected chi connectivity index (χ3v) is 5.04. The van der Waals surface area contributed by atoms with Gasteiger partial charge in [0.1, 0.15) is 0 Å². The van der Waals surface area contributed by atoms with E-state index >= 15 is 0 Å². The van der Waals surface area contributed by atoms with E-state index in [0.717, 1.165) is 0 Å². The lowest BCUT2D eigenvalue weighted by molar-refractivity contribution is 0.260. The summed E-state index contributed by atoms with van der Waals surface area (Å²) < 4.78 is 5.86. The Hall–Kier alpha value is -0.603. The quantitative estimate of drug-likeness (QED) is 0.671. The first-order valence-corrected chi connectivity index (χ1v) is 8.46. The maximum absolute atomic E-state index is 5.86. The highest BCUT2D eigenvalue weighted by molar-refractivity contribution is 6.47. The van der Waals surface area contributed by atoms with Crippen LogP contribution in [0.15, 0.2) is 18.2 Å². The fourth-order valence-electron chi connectivity index (χ4n) is 2.26. The molecule has 0 fully saturated rings. The Morgan fingerprint density at radius 1 is 1.00 bits per heavy atom. The molecule has 2 radical (unpaired) electrons. The van der Waals surface area contributed by atoms with Crippen LogP contribution in [-0.2, 0) is 4.43 Å². The van der Waals surface area contributed by atoms with Gasteiger partial charge in [-0.2, -0.15) is 0 Å². The van der Waals surface area contributed by atoms with Crippen molar-refractivity contribution in [2.75, 3.05) is 0 Å². The predicted octanol–water partition coefficient (Wildman–Crippen LogP) is 4.38. The molecule has 1 aromatic rings. The van der Waals surface area contributed by atoms with Crippen LogP contribution in [0.3, 0.4) is 0 Å². The molecule has 2 heteroatoms. The summed E-state index contributed by atoms with van der Waals surface area (Å²) in [5, 5.41) is 1.40. The van der Waals surface area contributed by atoms with Crippen molar-refractivity contribution < 1.29 is 4.43 Å². The second-order valence-electron chi connectivity index (χ2n) is 5.70. The topological polar surface area (TPSA) is 9.23 Å². The Labute approximate surface area is 121 Å². The second kappa shape index (κ2) is 7.86. The first-order valence-electron chi connectivity index (χ1n) is 7.55. The molecule has 1 nitrogen and oxygen atoms in total. The molecule has 2 unspecified atom stereocenters. The summed E-state index contributed by atoms with van der Waals surface area (Å²) in [5.41, 5.74) is 3.06. The summed E-state index contributed by atoms with van der Waals surface area (Å²) in [4.78, 5) is 0. The summed E-state index contributed by atoms with van der Waals surface area (Å²) in [6.07, 6.45) is 2.68. The molecule has 106 valence electrons. The Morgan fingerprint density at radius 3 is 2.16 bits per heavy atom. The average Bonchev–Trinajstić information content (AvgIpc) is 2.42. The van der Waals surface area contributed by atoms with Crippen LogP contribution in [0.2, 0.25) is 0 Å². The van der Waals surface area contributed by atoms with E-state index in [4.69, 9.17) is 4.43 Å². The molecule has 0 aliphatic heterocycles. The van der Waals surface area contributed by atoms with Crippen molar-refractivity contribution in [3.8, 4) is 0 Å². The number of hydrogen-bond acceptors (Lipinski definition) is 1. The third-order valence-electron chi connectivity index (χ3n) is 3.79. The van der Waals surface area contributed by atoms with E-state index in [-0.39, 0.29) is 0 Å². The van der Waals surface area contributed by atoms with Gasteiger partial charge in [-0.05, 0) is 54.8 Å². The Balaban J connectivity index is 3.14. The Bertz CT molecular complexity index is 387. The van der Waals surface area contributed by atoms with Crippen LogP contribution >= 0.6 is 0 Å². The van der Waals surface area contributed by atoms with E-state index in [2.05, 4.69) is 59.7 Å². The lowest BCUT2D eigenvalue weighted by Crippen LogP contribution is -2.27. The molecule has 19 heavy (non-hydrogen) atoms. The summed E-state index contributed by atoms with van der Waals surface area (Å²) in [7, 11) is 0.470. The lowest BCUT2D eigenvalue weighted by atomic mass is 9.86. The molecule has 0 amide bonds. The minimum absolute atomic E-state index is 0.301. The Morgan fingerprint density at radius 2 is 1.63 bits per heavy atom. The molecule has 0 N–H and O–H groups in total. The monoisotopic (exact) mass is 276 g/mol. The summed E-state index contributed by atoms with van der Waals surface area (Å²) >= 11 is 0. The molecule has 0 saturated heterocycles. The van der Waals surface area contributed by atoms with E-state index in [1.54, 1.807) is 5.56 Å². The predicted molar refractivity (Wildman–Crippen MR) is 85.5 cm³/mol.